The highest BCUT2D eigenvalue weighted by molar-refractivity contribution is 5.93. The maximum absolute atomic E-state index is 4.69. The van der Waals surface area contributed by atoms with E-state index >= 15 is 0 Å². The van der Waals surface area contributed by atoms with Gasteiger partial charge in [-0.1, -0.05) is 0 Å². The molecule has 0 radical (unpaired) electrons. The lowest BCUT2D eigenvalue weighted by Gasteiger charge is -2.02. The number of nitrogens with one attached hydrogen (secondary N) is 2. The van der Waals surface area contributed by atoms with Gasteiger partial charge in [0.25, 0.3) is 0 Å². The molecule has 0 spiro atoms. The molecule has 0 amide bonds. The molecule has 6 heteroatoms. The summed E-state index contributed by atoms with van der Waals surface area (Å²) in [4.78, 5) is 8.05. The van der Waals surface area contributed by atoms with Crippen molar-refractivity contribution in [2.24, 2.45) is 0 Å². The predicted molar refractivity (Wildman–Crippen MR) is 88.3 cm³/mol. The highest BCUT2D eigenvalue weighted by Crippen LogP contribution is 2.24. The molecule has 0 aliphatic rings. The van der Waals surface area contributed by atoms with Crippen LogP contribution in [-0.4, -0.2) is 29.9 Å². The monoisotopic (exact) mass is 300 g/mol. The molecule has 23 heavy (non-hydrogen) atoms. The van der Waals surface area contributed by atoms with Crippen molar-refractivity contribution < 1.29 is 0 Å². The Morgan fingerprint density at radius 2 is 1.91 bits per heavy atom. The average molecular weight is 300 g/mol. The van der Waals surface area contributed by atoms with Crippen LogP contribution in [-0.2, 0) is 0 Å². The minimum Gasteiger partial charge on any atom is -0.338 e. The summed E-state index contributed by atoms with van der Waals surface area (Å²) in [5.41, 5.74) is 4.91. The average Bonchev–Trinajstić information content (AvgIpc) is 3.32. The van der Waals surface area contributed by atoms with Crippen LogP contribution in [0.25, 0.3) is 39.0 Å². The van der Waals surface area contributed by atoms with Crippen LogP contribution in [0.15, 0.2) is 61.1 Å². The van der Waals surface area contributed by atoms with Crippen LogP contribution in [0.3, 0.4) is 0 Å². The number of H-pyrrole nitrogens is 2. The first-order valence-electron chi connectivity index (χ1n) is 7.30. The summed E-state index contributed by atoms with van der Waals surface area (Å²) in [5.74, 6) is 0.851. The zero-order chi connectivity index (χ0) is 15.2. The molecule has 0 saturated heterocycles. The van der Waals surface area contributed by atoms with Crippen molar-refractivity contribution in [3.63, 3.8) is 0 Å². The van der Waals surface area contributed by atoms with E-state index in [0.29, 0.717) is 0 Å². The topological polar surface area (TPSA) is 75.2 Å². The van der Waals surface area contributed by atoms with Gasteiger partial charge >= 0.3 is 0 Å². The van der Waals surface area contributed by atoms with Crippen molar-refractivity contribution in [1.82, 2.24) is 29.9 Å². The Balaban J connectivity index is 1.59. The fourth-order valence-corrected chi connectivity index (χ4v) is 2.78. The number of fused-ring (bicyclic) bond motifs is 2. The number of rotatable bonds is 2. The second-order valence-corrected chi connectivity index (χ2v) is 5.40. The Morgan fingerprint density at radius 1 is 1.00 bits per heavy atom. The van der Waals surface area contributed by atoms with E-state index in [2.05, 4.69) is 25.3 Å². The van der Waals surface area contributed by atoms with Gasteiger partial charge in [-0.05, 0) is 42.5 Å². The minimum atomic E-state index is 0.851. The summed E-state index contributed by atoms with van der Waals surface area (Å²) >= 11 is 0. The smallest absolute Gasteiger partial charge is 0.138 e. The molecule has 5 rings (SSSR count). The van der Waals surface area contributed by atoms with Gasteiger partial charge in [0.1, 0.15) is 5.82 Å². The zero-order valence-corrected chi connectivity index (χ0v) is 12.1. The van der Waals surface area contributed by atoms with Gasteiger partial charge < -0.3 is 4.98 Å². The highest BCUT2D eigenvalue weighted by Gasteiger charge is 2.08. The number of aromatic nitrogens is 6. The maximum Gasteiger partial charge on any atom is 0.138 e. The van der Waals surface area contributed by atoms with Gasteiger partial charge in [0.15, 0.2) is 0 Å². The molecule has 0 fully saturated rings. The van der Waals surface area contributed by atoms with Crippen molar-refractivity contribution in [2.45, 2.75) is 0 Å². The van der Waals surface area contributed by atoms with Crippen LogP contribution in [0.2, 0.25) is 0 Å². The molecule has 0 bridgehead atoms. The van der Waals surface area contributed by atoms with E-state index in [-0.39, 0.29) is 0 Å². The van der Waals surface area contributed by atoms with Gasteiger partial charge in [0.2, 0.25) is 0 Å². The molecule has 3 aromatic heterocycles. The molecule has 2 aromatic carbocycles. The molecule has 0 aliphatic carbocycles. The quantitative estimate of drug-likeness (QED) is 0.525. The van der Waals surface area contributed by atoms with Gasteiger partial charge in [0.05, 0.1) is 22.2 Å². The standard InChI is InChI=1S/C17H12N6/c1-6-19-23(7-1)13-4-2-11(3-5-13)17-20-15-8-12-10-18-22-14(12)9-16(15)21-17/h1-10H,(H,18,22)(H,20,21). The van der Waals surface area contributed by atoms with Gasteiger partial charge in [0, 0.05) is 29.5 Å². The van der Waals surface area contributed by atoms with Gasteiger partial charge in [-0.3, -0.25) is 5.10 Å². The second-order valence-electron chi connectivity index (χ2n) is 5.40. The highest BCUT2D eigenvalue weighted by atomic mass is 15.3. The SMILES string of the molecule is c1cnn(-c2ccc(-c3nc4cc5c[nH]nc5cc4[nH]3)cc2)c1. The van der Waals surface area contributed by atoms with E-state index in [9.17, 15) is 0 Å². The van der Waals surface area contributed by atoms with Crippen molar-refractivity contribution in [1.29, 1.82) is 0 Å². The first-order valence-corrected chi connectivity index (χ1v) is 7.30. The van der Waals surface area contributed by atoms with E-state index in [4.69, 9.17) is 0 Å². The summed E-state index contributed by atoms with van der Waals surface area (Å²) in [6.07, 6.45) is 5.57. The van der Waals surface area contributed by atoms with Crippen molar-refractivity contribution >= 4 is 21.9 Å². The lowest BCUT2D eigenvalue weighted by molar-refractivity contribution is 0.880. The number of hydrogen-bond donors (Lipinski definition) is 2. The number of hydrogen-bond acceptors (Lipinski definition) is 3. The number of nitrogens with zero attached hydrogens (tertiary/aromatic N) is 4. The molecule has 6 nitrogen and oxygen atoms in total. The van der Waals surface area contributed by atoms with Crippen LogP contribution in [0, 0.1) is 0 Å². The molecule has 2 N–H and O–H groups in total. The van der Waals surface area contributed by atoms with Gasteiger partial charge in [-0.25, -0.2) is 9.67 Å². The molecule has 0 atom stereocenters. The lowest BCUT2D eigenvalue weighted by Crippen LogP contribution is -1.93. The molecule has 110 valence electrons. The third-order valence-electron chi connectivity index (χ3n) is 3.95. The van der Waals surface area contributed by atoms with E-state index in [0.717, 1.165) is 39.0 Å². The summed E-state index contributed by atoms with van der Waals surface area (Å²) in [6, 6.07) is 14.1. The maximum atomic E-state index is 4.69. The van der Waals surface area contributed by atoms with E-state index in [1.807, 2.05) is 59.5 Å². The molecule has 0 unspecified atom stereocenters. The normalized spacial score (nSPS) is 11.5. The zero-order valence-electron chi connectivity index (χ0n) is 12.1. The Morgan fingerprint density at radius 3 is 2.74 bits per heavy atom. The summed E-state index contributed by atoms with van der Waals surface area (Å²) < 4.78 is 1.83. The summed E-state index contributed by atoms with van der Waals surface area (Å²) in [7, 11) is 0. The van der Waals surface area contributed by atoms with E-state index in [1.165, 1.54) is 0 Å². The van der Waals surface area contributed by atoms with E-state index < -0.39 is 0 Å². The third-order valence-corrected chi connectivity index (χ3v) is 3.95. The van der Waals surface area contributed by atoms with Crippen molar-refractivity contribution in [2.75, 3.05) is 0 Å². The Hall–Kier alpha value is -3.41. The summed E-state index contributed by atoms with van der Waals surface area (Å²) in [5, 5.41) is 12.4. The van der Waals surface area contributed by atoms with Crippen molar-refractivity contribution in [3.05, 3.63) is 61.1 Å². The second kappa shape index (κ2) is 4.54. The molecule has 5 aromatic rings. The van der Waals surface area contributed by atoms with Gasteiger partial charge in [-0.15, -0.1) is 0 Å². The fraction of sp³-hybridized carbons (Fsp3) is 0. The summed E-state index contributed by atoms with van der Waals surface area (Å²) in [6.45, 7) is 0. The predicted octanol–water partition coefficient (Wildman–Crippen LogP) is 3.29. The van der Waals surface area contributed by atoms with E-state index in [1.54, 1.807) is 6.20 Å². The van der Waals surface area contributed by atoms with Crippen molar-refractivity contribution in [3.8, 4) is 17.1 Å². The third kappa shape index (κ3) is 1.92. The molecule has 0 aliphatic heterocycles. The Bertz CT molecular complexity index is 1050. The molecule has 0 saturated carbocycles. The Labute approximate surface area is 130 Å². The van der Waals surface area contributed by atoms with Crippen LogP contribution in [0.1, 0.15) is 0 Å². The Kier molecular flexibility index (Phi) is 2.40. The minimum absolute atomic E-state index is 0.851. The van der Waals surface area contributed by atoms with Crippen LogP contribution < -0.4 is 0 Å². The number of aromatic amines is 2. The molecular weight excluding hydrogens is 288 g/mol. The van der Waals surface area contributed by atoms with Crippen LogP contribution in [0.4, 0.5) is 0 Å². The number of imidazole rings is 1. The lowest BCUT2D eigenvalue weighted by atomic mass is 10.2. The first kappa shape index (κ1) is 12.2. The van der Waals surface area contributed by atoms with Crippen LogP contribution in [0.5, 0.6) is 0 Å². The molecule has 3 heterocycles. The largest absolute Gasteiger partial charge is 0.338 e. The molecular formula is C17H12N6. The number of benzene rings is 2. The first-order chi connectivity index (χ1) is 11.4. The van der Waals surface area contributed by atoms with Crippen LogP contribution >= 0.6 is 0 Å². The fourth-order valence-electron chi connectivity index (χ4n) is 2.78. The van der Waals surface area contributed by atoms with Gasteiger partial charge in [-0.2, -0.15) is 10.2 Å².